The Morgan fingerprint density at radius 1 is 1.22 bits per heavy atom. The number of anilines is 1. The molecule has 2 aromatic rings. The van der Waals surface area contributed by atoms with Crippen LogP contribution in [0.2, 0.25) is 0 Å². The van der Waals surface area contributed by atoms with E-state index in [-0.39, 0.29) is 17.4 Å². The SMILES string of the molecule is N#CN=C(N)Nc1cccc(S(=O)(=O)NCC(C(=O)O)c2ccccc2)c1. The van der Waals surface area contributed by atoms with E-state index >= 15 is 0 Å². The number of nitrogens with one attached hydrogen (secondary N) is 2. The van der Waals surface area contributed by atoms with Crippen molar-refractivity contribution in [2.24, 2.45) is 10.7 Å². The van der Waals surface area contributed by atoms with E-state index in [0.29, 0.717) is 11.3 Å². The fraction of sp³-hybridized carbons (Fsp3) is 0.118. The van der Waals surface area contributed by atoms with Gasteiger partial charge in [-0.3, -0.25) is 4.79 Å². The van der Waals surface area contributed by atoms with Gasteiger partial charge in [-0.15, -0.1) is 4.99 Å². The molecule has 0 radical (unpaired) electrons. The smallest absolute Gasteiger partial charge is 0.312 e. The average Bonchev–Trinajstić information content (AvgIpc) is 2.63. The van der Waals surface area contributed by atoms with Gasteiger partial charge in [-0.1, -0.05) is 36.4 Å². The number of sulfonamides is 1. The number of nitrogens with zero attached hydrogens (tertiary/aromatic N) is 2. The fourth-order valence-electron chi connectivity index (χ4n) is 2.28. The van der Waals surface area contributed by atoms with E-state index in [1.165, 1.54) is 24.4 Å². The molecule has 0 spiro atoms. The second-order valence-corrected chi connectivity index (χ2v) is 7.17. The molecule has 0 aliphatic carbocycles. The van der Waals surface area contributed by atoms with Crippen molar-refractivity contribution in [2.45, 2.75) is 10.8 Å². The number of carboxylic acids is 1. The Labute approximate surface area is 156 Å². The number of guanidine groups is 1. The lowest BCUT2D eigenvalue weighted by Gasteiger charge is -2.14. The van der Waals surface area contributed by atoms with Gasteiger partial charge in [0.1, 0.15) is 0 Å². The molecule has 0 saturated heterocycles. The minimum absolute atomic E-state index is 0.0885. The highest BCUT2D eigenvalue weighted by Crippen LogP contribution is 2.18. The van der Waals surface area contributed by atoms with Crippen LogP contribution >= 0.6 is 0 Å². The normalized spacial score (nSPS) is 12.8. The number of nitriles is 1. The first kappa shape index (κ1) is 19.9. The predicted octanol–water partition coefficient (Wildman–Crippen LogP) is 1.04. The van der Waals surface area contributed by atoms with Gasteiger partial charge in [-0.05, 0) is 23.8 Å². The molecule has 140 valence electrons. The summed E-state index contributed by atoms with van der Waals surface area (Å²) >= 11 is 0. The number of hydrogen-bond donors (Lipinski definition) is 4. The molecule has 27 heavy (non-hydrogen) atoms. The molecule has 0 saturated carbocycles. The molecule has 9 nitrogen and oxygen atoms in total. The first-order valence-corrected chi connectivity index (χ1v) is 9.18. The molecule has 0 aromatic heterocycles. The third-order valence-electron chi connectivity index (χ3n) is 3.56. The maximum atomic E-state index is 12.5. The Morgan fingerprint density at radius 3 is 2.56 bits per heavy atom. The second-order valence-electron chi connectivity index (χ2n) is 5.40. The minimum atomic E-state index is -3.97. The van der Waals surface area contributed by atoms with Gasteiger partial charge in [0.05, 0.1) is 10.8 Å². The van der Waals surface area contributed by atoms with Gasteiger partial charge in [0, 0.05) is 12.2 Å². The third-order valence-corrected chi connectivity index (χ3v) is 4.99. The first-order chi connectivity index (χ1) is 12.8. The topological polar surface area (TPSA) is 158 Å². The standard InChI is InChI=1S/C17H17N5O4S/c18-11-20-17(19)22-13-7-4-8-14(9-13)27(25,26)21-10-15(16(23)24)12-5-2-1-3-6-12/h1-9,15,21H,10H2,(H,23,24)(H3,19,20,22). The highest BCUT2D eigenvalue weighted by atomic mass is 32.2. The van der Waals surface area contributed by atoms with Crippen LogP contribution in [0.4, 0.5) is 5.69 Å². The van der Waals surface area contributed by atoms with Crippen molar-refractivity contribution >= 4 is 27.6 Å². The van der Waals surface area contributed by atoms with Crippen molar-refractivity contribution in [3.63, 3.8) is 0 Å². The number of rotatable bonds is 7. The van der Waals surface area contributed by atoms with Gasteiger partial charge in [0.15, 0.2) is 0 Å². The number of nitrogens with two attached hydrogens (primary N) is 1. The van der Waals surface area contributed by atoms with Crippen molar-refractivity contribution in [3.8, 4) is 6.19 Å². The van der Waals surface area contributed by atoms with E-state index in [1.54, 1.807) is 36.4 Å². The van der Waals surface area contributed by atoms with Gasteiger partial charge in [0.25, 0.3) is 0 Å². The van der Waals surface area contributed by atoms with Crippen LogP contribution in [0.3, 0.4) is 0 Å². The number of aliphatic carboxylic acids is 1. The van der Waals surface area contributed by atoms with Crippen molar-refractivity contribution < 1.29 is 18.3 Å². The molecule has 2 aromatic carbocycles. The summed E-state index contributed by atoms with van der Waals surface area (Å²) < 4.78 is 27.3. The van der Waals surface area contributed by atoms with E-state index in [9.17, 15) is 18.3 Å². The van der Waals surface area contributed by atoms with E-state index < -0.39 is 21.9 Å². The Kier molecular flexibility index (Phi) is 6.48. The van der Waals surface area contributed by atoms with Crippen LogP contribution in [-0.4, -0.2) is 32.0 Å². The van der Waals surface area contributed by atoms with Gasteiger partial charge < -0.3 is 16.2 Å². The van der Waals surface area contributed by atoms with Crippen LogP contribution in [-0.2, 0) is 14.8 Å². The largest absolute Gasteiger partial charge is 0.481 e. The monoisotopic (exact) mass is 387 g/mol. The van der Waals surface area contributed by atoms with Gasteiger partial charge in [-0.2, -0.15) is 5.26 Å². The molecule has 0 aliphatic rings. The quantitative estimate of drug-likeness (QED) is 0.314. The number of benzene rings is 2. The lowest BCUT2D eigenvalue weighted by atomic mass is 10.00. The van der Waals surface area contributed by atoms with Crippen molar-refractivity contribution in [1.82, 2.24) is 4.72 Å². The van der Waals surface area contributed by atoms with E-state index in [4.69, 9.17) is 11.0 Å². The zero-order valence-electron chi connectivity index (χ0n) is 14.0. The third kappa shape index (κ3) is 5.53. The second kappa shape index (κ2) is 8.79. The molecule has 2 rings (SSSR count). The van der Waals surface area contributed by atoms with E-state index in [1.807, 2.05) is 0 Å². The summed E-state index contributed by atoms with van der Waals surface area (Å²) in [6.45, 7) is -0.308. The summed E-state index contributed by atoms with van der Waals surface area (Å²) in [5.41, 5.74) is 6.26. The Bertz CT molecular complexity index is 984. The van der Waals surface area contributed by atoms with Crippen LogP contribution in [0.5, 0.6) is 0 Å². The maximum Gasteiger partial charge on any atom is 0.312 e. The van der Waals surface area contributed by atoms with Gasteiger partial charge >= 0.3 is 5.97 Å². The van der Waals surface area contributed by atoms with Crippen LogP contribution in [0.25, 0.3) is 0 Å². The van der Waals surface area contributed by atoms with Crippen LogP contribution in [0.1, 0.15) is 11.5 Å². The van der Waals surface area contributed by atoms with E-state index in [0.717, 1.165) is 0 Å². The summed E-state index contributed by atoms with van der Waals surface area (Å²) in [4.78, 5) is 14.7. The molecule has 0 amide bonds. The number of carbonyl (C=O) groups is 1. The Balaban J connectivity index is 2.17. The Morgan fingerprint density at radius 2 is 1.93 bits per heavy atom. The van der Waals surface area contributed by atoms with Crippen molar-refractivity contribution in [2.75, 3.05) is 11.9 Å². The number of hydrogen-bond acceptors (Lipinski definition) is 5. The lowest BCUT2D eigenvalue weighted by Crippen LogP contribution is -2.32. The highest BCUT2D eigenvalue weighted by Gasteiger charge is 2.23. The lowest BCUT2D eigenvalue weighted by molar-refractivity contribution is -0.138. The molecule has 0 fully saturated rings. The molecule has 10 heteroatoms. The first-order valence-electron chi connectivity index (χ1n) is 7.70. The van der Waals surface area contributed by atoms with Crippen molar-refractivity contribution in [1.29, 1.82) is 5.26 Å². The molecular weight excluding hydrogens is 370 g/mol. The molecule has 0 aliphatic heterocycles. The number of aliphatic imine (C=N–C) groups is 1. The van der Waals surface area contributed by atoms with Crippen LogP contribution in [0, 0.1) is 11.5 Å². The highest BCUT2D eigenvalue weighted by molar-refractivity contribution is 7.89. The average molecular weight is 387 g/mol. The molecule has 0 bridgehead atoms. The van der Waals surface area contributed by atoms with Crippen LogP contribution in [0.15, 0.2) is 64.5 Å². The number of carboxylic acid groups (broad SMARTS) is 1. The van der Waals surface area contributed by atoms with Gasteiger partial charge in [-0.25, -0.2) is 13.1 Å². The van der Waals surface area contributed by atoms with Crippen LogP contribution < -0.4 is 15.8 Å². The van der Waals surface area contributed by atoms with E-state index in [2.05, 4.69) is 15.0 Å². The summed E-state index contributed by atoms with van der Waals surface area (Å²) in [5.74, 6) is -2.35. The summed E-state index contributed by atoms with van der Waals surface area (Å²) in [6.07, 6.45) is 1.51. The molecule has 0 heterocycles. The molecule has 1 unspecified atom stereocenters. The Hall–Kier alpha value is -3.42. The fourth-order valence-corrected chi connectivity index (χ4v) is 3.37. The van der Waals surface area contributed by atoms with Crippen molar-refractivity contribution in [3.05, 3.63) is 60.2 Å². The zero-order valence-corrected chi connectivity index (χ0v) is 14.8. The predicted molar refractivity (Wildman–Crippen MR) is 99.3 cm³/mol. The minimum Gasteiger partial charge on any atom is -0.481 e. The summed E-state index contributed by atoms with van der Waals surface area (Å²) in [5, 5.41) is 20.4. The molecule has 1 atom stereocenters. The summed E-state index contributed by atoms with van der Waals surface area (Å²) in [7, 11) is -3.97. The van der Waals surface area contributed by atoms with Gasteiger partial charge in [0.2, 0.25) is 22.2 Å². The molecule has 5 N–H and O–H groups in total. The summed E-state index contributed by atoms with van der Waals surface area (Å²) in [6, 6.07) is 14.0. The molecular formula is C17H17N5O4S. The maximum absolute atomic E-state index is 12.5. The zero-order chi connectivity index (χ0) is 19.9.